The zero-order chi connectivity index (χ0) is 21.5. The molecule has 0 aliphatic heterocycles. The standard InChI is InChI=1S/C23H27N3O4/c1-17(23(28)24-20-12-6-7-13-20)25(16-18-9-3-2-4-10-18)22(27)15-19-11-5-8-14-21(19)26(29)30/h2-5,8-11,14,17,20H,6-7,12-13,15-16H2,1H3,(H,24,28)/t17-/m0/s1. The van der Waals surface area contributed by atoms with Crippen LogP contribution in [-0.4, -0.2) is 33.7 Å². The Balaban J connectivity index is 1.80. The minimum Gasteiger partial charge on any atom is -0.352 e. The van der Waals surface area contributed by atoms with Gasteiger partial charge in [-0.3, -0.25) is 19.7 Å². The number of para-hydroxylation sites is 1. The smallest absolute Gasteiger partial charge is 0.273 e. The third kappa shape index (κ3) is 5.43. The minimum atomic E-state index is -0.680. The Morgan fingerprint density at radius 3 is 2.40 bits per heavy atom. The fourth-order valence-electron chi connectivity index (χ4n) is 3.86. The van der Waals surface area contributed by atoms with Crippen molar-refractivity contribution in [3.8, 4) is 0 Å². The molecule has 1 aliphatic carbocycles. The zero-order valence-corrected chi connectivity index (χ0v) is 17.1. The number of amides is 2. The molecule has 30 heavy (non-hydrogen) atoms. The van der Waals surface area contributed by atoms with Crippen molar-refractivity contribution in [3.05, 3.63) is 75.8 Å². The maximum atomic E-state index is 13.2. The number of nitrogens with one attached hydrogen (secondary N) is 1. The van der Waals surface area contributed by atoms with Gasteiger partial charge >= 0.3 is 0 Å². The highest BCUT2D eigenvalue weighted by atomic mass is 16.6. The molecule has 0 heterocycles. The number of hydrogen-bond donors (Lipinski definition) is 1. The van der Waals surface area contributed by atoms with E-state index in [1.165, 1.54) is 11.0 Å². The van der Waals surface area contributed by atoms with Gasteiger partial charge in [0.2, 0.25) is 11.8 Å². The molecule has 1 fully saturated rings. The summed E-state index contributed by atoms with van der Waals surface area (Å²) in [4.78, 5) is 38.4. The lowest BCUT2D eigenvalue weighted by atomic mass is 10.1. The maximum absolute atomic E-state index is 13.2. The molecule has 7 heteroatoms. The van der Waals surface area contributed by atoms with Gasteiger partial charge in [-0.15, -0.1) is 0 Å². The molecule has 2 amide bonds. The van der Waals surface area contributed by atoms with Crippen LogP contribution in [0.25, 0.3) is 0 Å². The van der Waals surface area contributed by atoms with Gasteiger partial charge in [-0.05, 0) is 25.3 Å². The van der Waals surface area contributed by atoms with Crippen molar-refractivity contribution in [2.75, 3.05) is 0 Å². The molecule has 0 saturated heterocycles. The van der Waals surface area contributed by atoms with Gasteiger partial charge in [-0.2, -0.15) is 0 Å². The topological polar surface area (TPSA) is 92.6 Å². The Kier molecular flexibility index (Phi) is 7.17. The van der Waals surface area contributed by atoms with Crippen molar-refractivity contribution in [2.24, 2.45) is 0 Å². The van der Waals surface area contributed by atoms with E-state index in [1.54, 1.807) is 25.1 Å². The second kappa shape index (κ2) is 10.0. The lowest BCUT2D eigenvalue weighted by Gasteiger charge is -2.30. The Morgan fingerprint density at radius 1 is 1.10 bits per heavy atom. The van der Waals surface area contributed by atoms with Crippen LogP contribution in [0.1, 0.15) is 43.7 Å². The predicted molar refractivity (Wildman–Crippen MR) is 114 cm³/mol. The summed E-state index contributed by atoms with van der Waals surface area (Å²) in [7, 11) is 0. The number of carbonyl (C=O) groups excluding carboxylic acids is 2. The number of nitro benzene ring substituents is 1. The van der Waals surface area contributed by atoms with Crippen LogP contribution in [0.2, 0.25) is 0 Å². The van der Waals surface area contributed by atoms with Gasteiger partial charge in [-0.1, -0.05) is 61.4 Å². The molecule has 1 atom stereocenters. The lowest BCUT2D eigenvalue weighted by molar-refractivity contribution is -0.385. The summed E-state index contributed by atoms with van der Waals surface area (Å²) in [5, 5.41) is 14.4. The van der Waals surface area contributed by atoms with E-state index in [9.17, 15) is 19.7 Å². The van der Waals surface area contributed by atoms with Crippen LogP contribution in [0.3, 0.4) is 0 Å². The highest BCUT2D eigenvalue weighted by molar-refractivity contribution is 5.88. The summed E-state index contributed by atoms with van der Waals surface area (Å²) in [6.07, 6.45) is 3.99. The summed E-state index contributed by atoms with van der Waals surface area (Å²) in [5.41, 5.74) is 1.15. The average molecular weight is 409 g/mol. The Morgan fingerprint density at radius 2 is 1.73 bits per heavy atom. The van der Waals surface area contributed by atoms with Crippen molar-refractivity contribution in [1.29, 1.82) is 0 Å². The van der Waals surface area contributed by atoms with Crippen molar-refractivity contribution in [1.82, 2.24) is 10.2 Å². The van der Waals surface area contributed by atoms with Crippen molar-refractivity contribution in [2.45, 2.75) is 57.7 Å². The third-order valence-corrected chi connectivity index (χ3v) is 5.59. The van der Waals surface area contributed by atoms with Crippen molar-refractivity contribution < 1.29 is 14.5 Å². The Bertz CT molecular complexity index is 894. The quantitative estimate of drug-likeness (QED) is 0.532. The second-order valence-corrected chi connectivity index (χ2v) is 7.74. The molecule has 158 valence electrons. The average Bonchev–Trinajstić information content (AvgIpc) is 3.25. The number of hydrogen-bond acceptors (Lipinski definition) is 4. The van der Waals surface area contributed by atoms with Gasteiger partial charge in [0, 0.05) is 24.2 Å². The summed E-state index contributed by atoms with van der Waals surface area (Å²) in [6, 6.07) is 15.1. The molecule has 2 aromatic rings. The van der Waals surface area contributed by atoms with Crippen molar-refractivity contribution >= 4 is 17.5 Å². The van der Waals surface area contributed by atoms with E-state index >= 15 is 0 Å². The summed E-state index contributed by atoms with van der Waals surface area (Å²) in [6.45, 7) is 1.98. The van der Waals surface area contributed by atoms with E-state index in [2.05, 4.69) is 5.32 Å². The molecule has 0 bridgehead atoms. The molecule has 0 radical (unpaired) electrons. The van der Waals surface area contributed by atoms with E-state index < -0.39 is 11.0 Å². The summed E-state index contributed by atoms with van der Waals surface area (Å²) in [5.74, 6) is -0.504. The van der Waals surface area contributed by atoms with Crippen molar-refractivity contribution in [3.63, 3.8) is 0 Å². The van der Waals surface area contributed by atoms with E-state index in [0.29, 0.717) is 5.56 Å². The third-order valence-electron chi connectivity index (χ3n) is 5.59. The Hall–Kier alpha value is -3.22. The van der Waals surface area contributed by atoms with Gasteiger partial charge in [0.1, 0.15) is 6.04 Å². The first-order valence-electron chi connectivity index (χ1n) is 10.3. The van der Waals surface area contributed by atoms with Crippen LogP contribution in [0.4, 0.5) is 5.69 Å². The van der Waals surface area contributed by atoms with E-state index in [0.717, 1.165) is 31.2 Å². The number of rotatable bonds is 8. The van der Waals surface area contributed by atoms with Gasteiger partial charge in [-0.25, -0.2) is 0 Å². The summed E-state index contributed by atoms with van der Waals surface area (Å²) < 4.78 is 0. The number of carbonyl (C=O) groups is 2. The minimum absolute atomic E-state index is 0.0893. The normalized spacial score (nSPS) is 14.8. The first-order chi connectivity index (χ1) is 14.5. The molecule has 1 saturated carbocycles. The van der Waals surface area contributed by atoms with Gasteiger partial charge < -0.3 is 10.2 Å². The van der Waals surface area contributed by atoms with E-state index in [1.807, 2.05) is 30.3 Å². The molecule has 0 spiro atoms. The number of nitro groups is 1. The molecule has 3 rings (SSSR count). The lowest BCUT2D eigenvalue weighted by Crippen LogP contribution is -2.50. The second-order valence-electron chi connectivity index (χ2n) is 7.74. The zero-order valence-electron chi connectivity index (χ0n) is 17.1. The highest BCUT2D eigenvalue weighted by Crippen LogP contribution is 2.21. The van der Waals surface area contributed by atoms with Gasteiger partial charge in [0.05, 0.1) is 11.3 Å². The Labute approximate surface area is 176 Å². The van der Waals surface area contributed by atoms with Crippen LogP contribution in [0.15, 0.2) is 54.6 Å². The molecular weight excluding hydrogens is 382 g/mol. The van der Waals surface area contributed by atoms with Crippen LogP contribution in [0.5, 0.6) is 0 Å². The molecule has 0 unspecified atom stereocenters. The number of benzene rings is 2. The predicted octanol–water partition coefficient (Wildman–Crippen LogP) is 3.61. The monoisotopic (exact) mass is 409 g/mol. The van der Waals surface area contributed by atoms with Crippen LogP contribution in [0, 0.1) is 10.1 Å². The van der Waals surface area contributed by atoms with Crippen LogP contribution < -0.4 is 5.32 Å². The fraction of sp³-hybridized carbons (Fsp3) is 0.391. The van der Waals surface area contributed by atoms with E-state index in [-0.39, 0.29) is 36.5 Å². The number of nitrogens with zero attached hydrogens (tertiary/aromatic N) is 2. The van der Waals surface area contributed by atoms with Gasteiger partial charge in [0.15, 0.2) is 0 Å². The SMILES string of the molecule is C[C@@H](C(=O)NC1CCCC1)N(Cc1ccccc1)C(=O)Cc1ccccc1[N+](=O)[O-]. The van der Waals surface area contributed by atoms with E-state index in [4.69, 9.17) is 0 Å². The van der Waals surface area contributed by atoms with Crippen LogP contribution >= 0.6 is 0 Å². The maximum Gasteiger partial charge on any atom is 0.273 e. The van der Waals surface area contributed by atoms with Crippen LogP contribution in [-0.2, 0) is 22.6 Å². The molecule has 7 nitrogen and oxygen atoms in total. The fourth-order valence-corrected chi connectivity index (χ4v) is 3.86. The molecule has 1 aliphatic rings. The first-order valence-corrected chi connectivity index (χ1v) is 10.3. The molecule has 1 N–H and O–H groups in total. The van der Waals surface area contributed by atoms with Gasteiger partial charge in [0.25, 0.3) is 5.69 Å². The highest BCUT2D eigenvalue weighted by Gasteiger charge is 2.29. The first kappa shape index (κ1) is 21.5. The molecule has 0 aromatic heterocycles. The summed E-state index contributed by atoms with van der Waals surface area (Å²) >= 11 is 0. The molecule has 2 aromatic carbocycles. The largest absolute Gasteiger partial charge is 0.352 e. The molecular formula is C23H27N3O4.